The number of nitrogens with one attached hydrogen (secondary N) is 2. The van der Waals surface area contributed by atoms with E-state index in [0.717, 1.165) is 5.69 Å². The van der Waals surface area contributed by atoms with E-state index in [1.807, 2.05) is 18.5 Å². The van der Waals surface area contributed by atoms with E-state index in [4.69, 9.17) is 11.5 Å². The molecule has 0 saturated carbocycles. The van der Waals surface area contributed by atoms with Crippen LogP contribution in [0.2, 0.25) is 0 Å². The average Bonchev–Trinajstić information content (AvgIpc) is 2.52. The van der Waals surface area contributed by atoms with E-state index in [2.05, 4.69) is 10.3 Å². The van der Waals surface area contributed by atoms with Crippen LogP contribution in [-0.4, -0.2) is 24.1 Å². The number of hydrogen-bond donors (Lipinski definition) is 4. The van der Waals surface area contributed by atoms with E-state index < -0.39 is 0 Å². The maximum Gasteiger partial charge on any atom is 0.0518 e. The number of anilines is 1. The Bertz CT molecular complexity index is 182. The van der Waals surface area contributed by atoms with Crippen LogP contribution in [0.25, 0.3) is 0 Å². The quantitative estimate of drug-likeness (QED) is 0.481. The number of hydrogen-bond acceptors (Lipinski definition) is 3. The van der Waals surface area contributed by atoms with Gasteiger partial charge in [0.1, 0.15) is 0 Å². The van der Waals surface area contributed by atoms with E-state index in [1.165, 1.54) is 0 Å². The summed E-state index contributed by atoms with van der Waals surface area (Å²) in [6.07, 6.45) is 3.74. The van der Waals surface area contributed by atoms with E-state index in [0.29, 0.717) is 13.1 Å². The maximum atomic E-state index is 5.59. The van der Waals surface area contributed by atoms with Crippen molar-refractivity contribution in [2.75, 3.05) is 18.4 Å². The van der Waals surface area contributed by atoms with E-state index in [-0.39, 0.29) is 6.04 Å². The third-order valence-corrected chi connectivity index (χ3v) is 1.47. The second kappa shape index (κ2) is 4.00. The molecule has 0 aliphatic carbocycles. The van der Waals surface area contributed by atoms with Crippen LogP contribution < -0.4 is 16.8 Å². The minimum atomic E-state index is 0.0323. The summed E-state index contributed by atoms with van der Waals surface area (Å²) in [7, 11) is 0. The third-order valence-electron chi connectivity index (χ3n) is 1.47. The van der Waals surface area contributed by atoms with Crippen LogP contribution in [0, 0.1) is 0 Å². The van der Waals surface area contributed by atoms with Crippen molar-refractivity contribution >= 4 is 5.69 Å². The van der Waals surface area contributed by atoms with Crippen molar-refractivity contribution in [2.24, 2.45) is 11.5 Å². The Morgan fingerprint density at radius 2 is 2.45 bits per heavy atom. The van der Waals surface area contributed by atoms with E-state index >= 15 is 0 Å². The van der Waals surface area contributed by atoms with Gasteiger partial charge in [0.2, 0.25) is 0 Å². The second-order valence-electron chi connectivity index (χ2n) is 2.48. The van der Waals surface area contributed by atoms with Crippen LogP contribution in [0.3, 0.4) is 0 Å². The molecule has 62 valence electrons. The van der Waals surface area contributed by atoms with Gasteiger partial charge >= 0.3 is 0 Å². The SMILES string of the molecule is NCC(N)CNc1cc[nH]c1. The zero-order valence-electron chi connectivity index (χ0n) is 6.38. The lowest BCUT2D eigenvalue weighted by atomic mass is 10.3. The average molecular weight is 154 g/mol. The van der Waals surface area contributed by atoms with Crippen molar-refractivity contribution in [3.05, 3.63) is 18.5 Å². The highest BCUT2D eigenvalue weighted by Gasteiger charge is 1.97. The maximum absolute atomic E-state index is 5.59. The molecule has 0 aliphatic rings. The monoisotopic (exact) mass is 154 g/mol. The number of aromatic nitrogens is 1. The zero-order valence-corrected chi connectivity index (χ0v) is 6.38. The molecule has 11 heavy (non-hydrogen) atoms. The Labute approximate surface area is 66.0 Å². The first-order valence-corrected chi connectivity index (χ1v) is 3.65. The lowest BCUT2D eigenvalue weighted by molar-refractivity contribution is 0.713. The molecule has 1 atom stereocenters. The third kappa shape index (κ3) is 2.61. The molecular formula is C7H14N4. The molecule has 0 radical (unpaired) electrons. The van der Waals surface area contributed by atoms with Gasteiger partial charge in [0.25, 0.3) is 0 Å². The summed E-state index contributed by atoms with van der Waals surface area (Å²) in [6.45, 7) is 1.23. The van der Waals surface area contributed by atoms with Gasteiger partial charge in [-0.3, -0.25) is 0 Å². The highest BCUT2D eigenvalue weighted by molar-refractivity contribution is 5.40. The van der Waals surface area contributed by atoms with Gasteiger partial charge in [0, 0.05) is 31.5 Å². The molecule has 1 aromatic rings. The van der Waals surface area contributed by atoms with Gasteiger partial charge in [-0.25, -0.2) is 0 Å². The number of rotatable bonds is 4. The number of aromatic amines is 1. The fourth-order valence-corrected chi connectivity index (χ4v) is 0.766. The second-order valence-corrected chi connectivity index (χ2v) is 2.48. The van der Waals surface area contributed by atoms with Crippen molar-refractivity contribution in [1.29, 1.82) is 0 Å². The first kappa shape index (κ1) is 8.10. The van der Waals surface area contributed by atoms with Crippen LogP contribution in [0.1, 0.15) is 0 Å². The van der Waals surface area contributed by atoms with Gasteiger partial charge in [-0.1, -0.05) is 0 Å². The lowest BCUT2D eigenvalue weighted by Gasteiger charge is -2.09. The molecule has 6 N–H and O–H groups in total. The summed E-state index contributed by atoms with van der Waals surface area (Å²) in [6, 6.07) is 1.98. The molecule has 1 heterocycles. The summed E-state index contributed by atoms with van der Waals surface area (Å²) in [5, 5.41) is 3.14. The Hall–Kier alpha value is -1.00. The van der Waals surface area contributed by atoms with Gasteiger partial charge in [0.05, 0.1) is 5.69 Å². The van der Waals surface area contributed by atoms with Gasteiger partial charge in [-0.2, -0.15) is 0 Å². The van der Waals surface area contributed by atoms with Crippen LogP contribution in [-0.2, 0) is 0 Å². The summed E-state index contributed by atoms with van der Waals surface area (Å²) in [5.41, 5.74) is 12.0. The molecule has 0 saturated heterocycles. The molecule has 0 fully saturated rings. The molecule has 0 amide bonds. The van der Waals surface area contributed by atoms with Gasteiger partial charge in [0.15, 0.2) is 0 Å². The van der Waals surface area contributed by atoms with Crippen LogP contribution in [0.5, 0.6) is 0 Å². The summed E-state index contributed by atoms with van der Waals surface area (Å²) >= 11 is 0. The minimum absolute atomic E-state index is 0.0323. The standard InChI is InChI=1S/C7H14N4/c8-3-6(9)4-11-7-1-2-10-5-7/h1-2,5-6,10-11H,3-4,8-9H2. The van der Waals surface area contributed by atoms with Gasteiger partial charge < -0.3 is 21.8 Å². The molecule has 1 unspecified atom stereocenters. The largest absolute Gasteiger partial charge is 0.382 e. The number of H-pyrrole nitrogens is 1. The Balaban J connectivity index is 2.23. The molecule has 0 aromatic carbocycles. The van der Waals surface area contributed by atoms with E-state index in [9.17, 15) is 0 Å². The predicted octanol–water partition coefficient (Wildman–Crippen LogP) is -0.287. The number of nitrogens with two attached hydrogens (primary N) is 2. The highest BCUT2D eigenvalue weighted by atomic mass is 14.9. The molecule has 0 spiro atoms. The zero-order chi connectivity index (χ0) is 8.10. The molecule has 0 bridgehead atoms. The first-order valence-electron chi connectivity index (χ1n) is 3.65. The van der Waals surface area contributed by atoms with Crippen molar-refractivity contribution in [1.82, 2.24) is 4.98 Å². The molecule has 4 heteroatoms. The minimum Gasteiger partial charge on any atom is -0.382 e. The van der Waals surface area contributed by atoms with Crippen molar-refractivity contribution in [3.8, 4) is 0 Å². The summed E-state index contributed by atoms with van der Waals surface area (Å²) in [4.78, 5) is 2.94. The fourth-order valence-electron chi connectivity index (χ4n) is 0.766. The van der Waals surface area contributed by atoms with Crippen LogP contribution in [0.4, 0.5) is 5.69 Å². The fraction of sp³-hybridized carbons (Fsp3) is 0.429. The summed E-state index contributed by atoms with van der Waals surface area (Å²) < 4.78 is 0. The van der Waals surface area contributed by atoms with Crippen LogP contribution >= 0.6 is 0 Å². The van der Waals surface area contributed by atoms with Crippen molar-refractivity contribution < 1.29 is 0 Å². The highest BCUT2D eigenvalue weighted by Crippen LogP contribution is 2.02. The molecule has 4 nitrogen and oxygen atoms in total. The van der Waals surface area contributed by atoms with Crippen molar-refractivity contribution in [3.63, 3.8) is 0 Å². The summed E-state index contributed by atoms with van der Waals surface area (Å²) in [5.74, 6) is 0. The Morgan fingerprint density at radius 3 is 3.00 bits per heavy atom. The predicted molar refractivity (Wildman–Crippen MR) is 46.3 cm³/mol. The van der Waals surface area contributed by atoms with Crippen molar-refractivity contribution in [2.45, 2.75) is 6.04 Å². The van der Waals surface area contributed by atoms with Crippen LogP contribution in [0.15, 0.2) is 18.5 Å². The molecular weight excluding hydrogens is 140 g/mol. The smallest absolute Gasteiger partial charge is 0.0518 e. The Morgan fingerprint density at radius 1 is 1.64 bits per heavy atom. The van der Waals surface area contributed by atoms with Gasteiger partial charge in [-0.15, -0.1) is 0 Å². The molecule has 1 rings (SSSR count). The molecule has 1 aromatic heterocycles. The van der Waals surface area contributed by atoms with E-state index in [1.54, 1.807) is 0 Å². The molecule has 0 aliphatic heterocycles. The first-order chi connectivity index (χ1) is 5.33. The lowest BCUT2D eigenvalue weighted by Crippen LogP contribution is -2.36. The Kier molecular flexibility index (Phi) is 2.95. The topological polar surface area (TPSA) is 79.9 Å². The van der Waals surface area contributed by atoms with Gasteiger partial charge in [-0.05, 0) is 6.07 Å². The normalized spacial score (nSPS) is 12.9.